The summed E-state index contributed by atoms with van der Waals surface area (Å²) >= 11 is 0. The highest BCUT2D eigenvalue weighted by Crippen LogP contribution is 2.28. The van der Waals surface area contributed by atoms with Crippen molar-refractivity contribution in [2.45, 2.75) is 39.3 Å². The lowest BCUT2D eigenvalue weighted by Crippen LogP contribution is -2.54. The van der Waals surface area contributed by atoms with Crippen molar-refractivity contribution >= 4 is 21.9 Å². The zero-order valence-electron chi connectivity index (χ0n) is 12.4. The minimum atomic E-state index is -3.51. The molecular formula is C12H22N2O6S. The van der Waals surface area contributed by atoms with Gasteiger partial charge in [0, 0.05) is 0 Å². The first-order valence-corrected chi connectivity index (χ1v) is 8.39. The van der Waals surface area contributed by atoms with Gasteiger partial charge in [-0.25, -0.2) is 13.1 Å². The number of hydrogen-bond acceptors (Lipinski definition) is 5. The number of carboxylic acids is 1. The molecule has 1 aliphatic heterocycles. The first-order chi connectivity index (χ1) is 9.62. The van der Waals surface area contributed by atoms with E-state index >= 15 is 0 Å². The largest absolute Gasteiger partial charge is 0.481 e. The summed E-state index contributed by atoms with van der Waals surface area (Å²) in [4.78, 5) is 23.3. The molecule has 122 valence electrons. The predicted octanol–water partition coefficient (Wildman–Crippen LogP) is -0.690. The van der Waals surface area contributed by atoms with Gasteiger partial charge in [0.1, 0.15) is 5.41 Å². The summed E-state index contributed by atoms with van der Waals surface area (Å²) in [6, 6.07) is -1.67. The zero-order valence-corrected chi connectivity index (χ0v) is 13.2. The standard InChI is InChI=1S/C12H22N2O6S/c1-4-5-21(18,19)14-8(2)10(15)13-9-6-20-7-12(9,3)11(16)17/h8-9,14H,4-7H2,1-3H3,(H,13,15)(H,16,17). The van der Waals surface area contributed by atoms with Gasteiger partial charge in [0.25, 0.3) is 0 Å². The van der Waals surface area contributed by atoms with Crippen molar-refractivity contribution in [2.75, 3.05) is 19.0 Å². The highest BCUT2D eigenvalue weighted by atomic mass is 32.2. The lowest BCUT2D eigenvalue weighted by Gasteiger charge is -2.26. The van der Waals surface area contributed by atoms with Crippen molar-refractivity contribution in [1.82, 2.24) is 10.0 Å². The molecule has 8 nitrogen and oxygen atoms in total. The summed E-state index contributed by atoms with van der Waals surface area (Å²) in [6.45, 7) is 4.71. The van der Waals surface area contributed by atoms with Crippen molar-refractivity contribution in [3.8, 4) is 0 Å². The van der Waals surface area contributed by atoms with E-state index in [1.165, 1.54) is 13.8 Å². The third-order valence-corrected chi connectivity index (χ3v) is 5.14. The van der Waals surface area contributed by atoms with Gasteiger partial charge in [-0.2, -0.15) is 0 Å². The van der Waals surface area contributed by atoms with Crippen LogP contribution in [-0.4, -0.2) is 56.5 Å². The van der Waals surface area contributed by atoms with Gasteiger partial charge >= 0.3 is 5.97 Å². The quantitative estimate of drug-likeness (QED) is 0.570. The molecule has 0 aromatic heterocycles. The summed E-state index contributed by atoms with van der Waals surface area (Å²) < 4.78 is 30.6. The minimum absolute atomic E-state index is 0.00320. The summed E-state index contributed by atoms with van der Waals surface area (Å²) in [5, 5.41) is 11.8. The van der Waals surface area contributed by atoms with Gasteiger partial charge < -0.3 is 15.2 Å². The van der Waals surface area contributed by atoms with E-state index < -0.39 is 39.4 Å². The van der Waals surface area contributed by atoms with Crippen LogP contribution in [0.25, 0.3) is 0 Å². The van der Waals surface area contributed by atoms with Gasteiger partial charge in [-0.15, -0.1) is 0 Å². The second-order valence-corrected chi connectivity index (χ2v) is 7.33. The van der Waals surface area contributed by atoms with E-state index in [4.69, 9.17) is 4.74 Å². The minimum Gasteiger partial charge on any atom is -0.481 e. The number of nitrogens with one attached hydrogen (secondary N) is 2. The molecule has 3 unspecified atom stereocenters. The molecule has 0 aromatic carbocycles. The monoisotopic (exact) mass is 322 g/mol. The molecule has 1 saturated heterocycles. The fourth-order valence-electron chi connectivity index (χ4n) is 2.03. The smallest absolute Gasteiger partial charge is 0.313 e. The SMILES string of the molecule is CCCS(=O)(=O)NC(C)C(=O)NC1COCC1(C)C(=O)O. The number of carboxylic acid groups (broad SMARTS) is 1. The van der Waals surface area contributed by atoms with E-state index in [1.54, 1.807) is 6.92 Å². The van der Waals surface area contributed by atoms with Crippen LogP contribution in [0.5, 0.6) is 0 Å². The number of carbonyl (C=O) groups is 2. The van der Waals surface area contributed by atoms with Crippen LogP contribution in [-0.2, 0) is 24.3 Å². The number of ether oxygens (including phenoxy) is 1. The zero-order chi connectivity index (χ0) is 16.3. The second-order valence-electron chi connectivity index (χ2n) is 5.46. The Bertz CT molecular complexity index is 506. The third-order valence-electron chi connectivity index (χ3n) is 3.48. The number of carbonyl (C=O) groups excluding carboxylic acids is 1. The second kappa shape index (κ2) is 6.71. The summed E-state index contributed by atoms with van der Waals surface area (Å²) in [5.74, 6) is -1.70. The maximum absolute atomic E-state index is 12.0. The van der Waals surface area contributed by atoms with Crippen LogP contribution >= 0.6 is 0 Å². The average Bonchev–Trinajstić information content (AvgIpc) is 2.71. The number of aliphatic carboxylic acids is 1. The maximum Gasteiger partial charge on any atom is 0.313 e. The van der Waals surface area contributed by atoms with Crippen LogP contribution in [0.3, 0.4) is 0 Å². The van der Waals surface area contributed by atoms with Crippen molar-refractivity contribution in [1.29, 1.82) is 0 Å². The highest BCUT2D eigenvalue weighted by Gasteiger charge is 2.47. The summed E-state index contributed by atoms with van der Waals surface area (Å²) in [5.41, 5.74) is -1.21. The molecule has 1 fully saturated rings. The van der Waals surface area contributed by atoms with E-state index in [0.29, 0.717) is 6.42 Å². The molecule has 9 heteroatoms. The molecule has 0 aromatic rings. The lowest BCUT2D eigenvalue weighted by atomic mass is 9.85. The number of amides is 1. The molecule has 1 aliphatic rings. The first kappa shape index (κ1) is 17.9. The van der Waals surface area contributed by atoms with Crippen LogP contribution in [0.1, 0.15) is 27.2 Å². The Morgan fingerprint density at radius 3 is 2.62 bits per heavy atom. The van der Waals surface area contributed by atoms with Crippen molar-refractivity contribution in [3.63, 3.8) is 0 Å². The molecule has 3 atom stereocenters. The molecular weight excluding hydrogens is 300 g/mol. The number of hydrogen-bond donors (Lipinski definition) is 3. The molecule has 1 amide bonds. The van der Waals surface area contributed by atoms with E-state index in [2.05, 4.69) is 10.0 Å². The third kappa shape index (κ3) is 4.39. The van der Waals surface area contributed by atoms with Crippen LogP contribution in [0.2, 0.25) is 0 Å². The van der Waals surface area contributed by atoms with E-state index in [-0.39, 0.29) is 19.0 Å². The Labute approximate surface area is 124 Å². The Kier molecular flexibility index (Phi) is 5.71. The molecule has 1 rings (SSSR count). The van der Waals surface area contributed by atoms with Crippen LogP contribution in [0, 0.1) is 5.41 Å². The van der Waals surface area contributed by atoms with Crippen LogP contribution in [0.4, 0.5) is 0 Å². The molecule has 3 N–H and O–H groups in total. The van der Waals surface area contributed by atoms with E-state index in [1.807, 2.05) is 0 Å². The predicted molar refractivity (Wildman–Crippen MR) is 75.2 cm³/mol. The van der Waals surface area contributed by atoms with Crippen LogP contribution in [0.15, 0.2) is 0 Å². The molecule has 0 radical (unpaired) electrons. The Morgan fingerprint density at radius 2 is 2.10 bits per heavy atom. The Morgan fingerprint density at radius 1 is 1.48 bits per heavy atom. The average molecular weight is 322 g/mol. The Balaban J connectivity index is 2.67. The van der Waals surface area contributed by atoms with Gasteiger partial charge in [-0.1, -0.05) is 6.92 Å². The highest BCUT2D eigenvalue weighted by molar-refractivity contribution is 7.89. The van der Waals surface area contributed by atoms with Crippen molar-refractivity contribution in [2.24, 2.45) is 5.41 Å². The van der Waals surface area contributed by atoms with Gasteiger partial charge in [0.05, 0.1) is 31.1 Å². The number of sulfonamides is 1. The topological polar surface area (TPSA) is 122 Å². The van der Waals surface area contributed by atoms with Gasteiger partial charge in [-0.3, -0.25) is 9.59 Å². The molecule has 0 spiro atoms. The molecule has 0 aliphatic carbocycles. The number of rotatable bonds is 7. The summed E-state index contributed by atoms with van der Waals surface area (Å²) in [6.07, 6.45) is 0.442. The van der Waals surface area contributed by atoms with Crippen molar-refractivity contribution < 1.29 is 27.9 Å². The van der Waals surface area contributed by atoms with Gasteiger partial charge in [0.2, 0.25) is 15.9 Å². The normalized spacial score (nSPS) is 27.3. The van der Waals surface area contributed by atoms with Gasteiger partial charge in [0.15, 0.2) is 0 Å². The fraction of sp³-hybridized carbons (Fsp3) is 0.833. The molecule has 0 saturated carbocycles. The molecule has 21 heavy (non-hydrogen) atoms. The lowest BCUT2D eigenvalue weighted by molar-refractivity contribution is -0.149. The maximum atomic E-state index is 12.0. The Hall–Kier alpha value is -1.19. The molecule has 1 heterocycles. The first-order valence-electron chi connectivity index (χ1n) is 6.74. The van der Waals surface area contributed by atoms with Crippen molar-refractivity contribution in [3.05, 3.63) is 0 Å². The van der Waals surface area contributed by atoms with E-state index in [9.17, 15) is 23.1 Å². The summed E-state index contributed by atoms with van der Waals surface area (Å²) in [7, 11) is -3.51. The van der Waals surface area contributed by atoms with Crippen LogP contribution < -0.4 is 10.0 Å². The fourth-order valence-corrected chi connectivity index (χ4v) is 3.33. The van der Waals surface area contributed by atoms with Gasteiger partial charge in [-0.05, 0) is 20.3 Å². The van der Waals surface area contributed by atoms with E-state index in [0.717, 1.165) is 0 Å². The molecule has 0 bridgehead atoms.